The SMILES string of the molecule is CCN1CCCC(=O)N1CC1CCNC1. The van der Waals surface area contributed by atoms with E-state index in [9.17, 15) is 4.79 Å². The number of rotatable bonds is 3. The van der Waals surface area contributed by atoms with Crippen LogP contribution < -0.4 is 5.32 Å². The van der Waals surface area contributed by atoms with Gasteiger partial charge in [-0.05, 0) is 31.8 Å². The molecule has 2 rings (SSSR count). The summed E-state index contributed by atoms with van der Waals surface area (Å²) in [5.74, 6) is 0.969. The molecule has 86 valence electrons. The largest absolute Gasteiger partial charge is 0.316 e. The van der Waals surface area contributed by atoms with Gasteiger partial charge in [-0.2, -0.15) is 0 Å². The highest BCUT2D eigenvalue weighted by molar-refractivity contribution is 5.76. The van der Waals surface area contributed by atoms with Gasteiger partial charge in [0.25, 0.3) is 0 Å². The summed E-state index contributed by atoms with van der Waals surface area (Å²) in [5.41, 5.74) is 0. The van der Waals surface area contributed by atoms with Crippen LogP contribution in [0.4, 0.5) is 0 Å². The molecule has 0 spiro atoms. The van der Waals surface area contributed by atoms with Gasteiger partial charge >= 0.3 is 0 Å². The Hall–Kier alpha value is -0.610. The first-order chi connectivity index (χ1) is 7.31. The van der Waals surface area contributed by atoms with Crippen molar-refractivity contribution in [2.45, 2.75) is 26.2 Å². The first kappa shape index (κ1) is 10.9. The fraction of sp³-hybridized carbons (Fsp3) is 0.909. The lowest BCUT2D eigenvalue weighted by atomic mass is 10.1. The molecule has 1 unspecified atom stereocenters. The molecule has 2 saturated heterocycles. The van der Waals surface area contributed by atoms with Crippen LogP contribution >= 0.6 is 0 Å². The highest BCUT2D eigenvalue weighted by Gasteiger charge is 2.28. The van der Waals surface area contributed by atoms with Crippen molar-refractivity contribution in [3.63, 3.8) is 0 Å². The van der Waals surface area contributed by atoms with Gasteiger partial charge in [-0.15, -0.1) is 0 Å². The number of hydrazine groups is 1. The van der Waals surface area contributed by atoms with Gasteiger partial charge in [-0.1, -0.05) is 6.92 Å². The Morgan fingerprint density at radius 3 is 3.07 bits per heavy atom. The number of nitrogens with one attached hydrogen (secondary N) is 1. The number of carbonyl (C=O) groups excluding carboxylic acids is 1. The minimum absolute atomic E-state index is 0.315. The number of amides is 1. The van der Waals surface area contributed by atoms with E-state index in [-0.39, 0.29) is 0 Å². The van der Waals surface area contributed by atoms with Crippen molar-refractivity contribution < 1.29 is 4.79 Å². The second-order valence-corrected chi connectivity index (χ2v) is 4.48. The standard InChI is InChI=1S/C11H21N3O/c1-2-13-7-3-4-11(15)14(13)9-10-5-6-12-8-10/h10,12H,2-9H2,1H3. The van der Waals surface area contributed by atoms with E-state index < -0.39 is 0 Å². The molecule has 0 aliphatic carbocycles. The first-order valence-corrected chi connectivity index (χ1v) is 6.07. The molecule has 0 radical (unpaired) electrons. The summed E-state index contributed by atoms with van der Waals surface area (Å²) in [6, 6.07) is 0. The number of hydrogen-bond donors (Lipinski definition) is 1. The van der Waals surface area contributed by atoms with Crippen molar-refractivity contribution in [1.82, 2.24) is 15.3 Å². The lowest BCUT2D eigenvalue weighted by molar-refractivity contribution is -0.156. The quantitative estimate of drug-likeness (QED) is 0.736. The Morgan fingerprint density at radius 2 is 2.40 bits per heavy atom. The predicted molar refractivity (Wildman–Crippen MR) is 59.2 cm³/mol. The van der Waals surface area contributed by atoms with Gasteiger partial charge in [0.15, 0.2) is 0 Å². The van der Waals surface area contributed by atoms with Crippen molar-refractivity contribution in [2.75, 3.05) is 32.7 Å². The van der Waals surface area contributed by atoms with Crippen LogP contribution in [0.5, 0.6) is 0 Å². The fourth-order valence-corrected chi connectivity index (χ4v) is 2.48. The van der Waals surface area contributed by atoms with E-state index in [1.165, 1.54) is 6.42 Å². The molecule has 0 aromatic heterocycles. The average molecular weight is 211 g/mol. The molecule has 0 aromatic carbocycles. The summed E-state index contributed by atoms with van der Waals surface area (Å²) in [6.07, 6.45) is 2.96. The molecule has 0 aromatic rings. The van der Waals surface area contributed by atoms with Crippen molar-refractivity contribution in [3.05, 3.63) is 0 Å². The second kappa shape index (κ2) is 4.94. The Balaban J connectivity index is 1.93. The monoisotopic (exact) mass is 211 g/mol. The van der Waals surface area contributed by atoms with E-state index in [1.54, 1.807) is 0 Å². The third-order valence-corrected chi connectivity index (χ3v) is 3.39. The molecule has 1 atom stereocenters. The zero-order valence-corrected chi connectivity index (χ0v) is 9.54. The minimum Gasteiger partial charge on any atom is -0.316 e. The van der Waals surface area contributed by atoms with Crippen LogP contribution in [-0.2, 0) is 4.79 Å². The molecule has 1 amide bonds. The molecule has 0 bridgehead atoms. The molecule has 2 fully saturated rings. The van der Waals surface area contributed by atoms with Gasteiger partial charge in [0, 0.05) is 26.1 Å². The fourth-order valence-electron chi connectivity index (χ4n) is 2.48. The molecule has 2 aliphatic rings. The highest BCUT2D eigenvalue weighted by Crippen LogP contribution is 2.17. The molecule has 2 heterocycles. The van der Waals surface area contributed by atoms with Crippen molar-refractivity contribution in [1.29, 1.82) is 0 Å². The molecule has 4 heteroatoms. The summed E-state index contributed by atoms with van der Waals surface area (Å²) in [4.78, 5) is 11.8. The van der Waals surface area contributed by atoms with E-state index in [1.807, 2.05) is 5.01 Å². The molecule has 4 nitrogen and oxygen atoms in total. The maximum absolute atomic E-state index is 11.8. The van der Waals surface area contributed by atoms with Gasteiger partial charge in [-0.3, -0.25) is 9.80 Å². The summed E-state index contributed by atoms with van der Waals surface area (Å²) < 4.78 is 0. The smallest absolute Gasteiger partial charge is 0.236 e. The number of nitrogens with zero attached hydrogens (tertiary/aromatic N) is 2. The van der Waals surface area contributed by atoms with Gasteiger partial charge in [0.2, 0.25) is 5.91 Å². The van der Waals surface area contributed by atoms with Crippen LogP contribution in [0.1, 0.15) is 26.2 Å². The molecular formula is C11H21N3O. The first-order valence-electron chi connectivity index (χ1n) is 6.07. The van der Waals surface area contributed by atoms with E-state index >= 15 is 0 Å². The maximum Gasteiger partial charge on any atom is 0.236 e. The van der Waals surface area contributed by atoms with Crippen LogP contribution in [-0.4, -0.2) is 48.6 Å². The van der Waals surface area contributed by atoms with Crippen LogP contribution in [0.2, 0.25) is 0 Å². The van der Waals surface area contributed by atoms with E-state index in [0.717, 1.165) is 45.6 Å². The Labute approximate surface area is 91.6 Å². The van der Waals surface area contributed by atoms with Gasteiger partial charge in [0.1, 0.15) is 0 Å². The van der Waals surface area contributed by atoms with E-state index in [2.05, 4.69) is 17.2 Å². The highest BCUT2D eigenvalue weighted by atomic mass is 16.2. The molecular weight excluding hydrogens is 190 g/mol. The summed E-state index contributed by atoms with van der Waals surface area (Å²) >= 11 is 0. The normalized spacial score (nSPS) is 28.7. The topological polar surface area (TPSA) is 35.6 Å². The van der Waals surface area contributed by atoms with Crippen LogP contribution in [0.15, 0.2) is 0 Å². The van der Waals surface area contributed by atoms with Crippen molar-refractivity contribution in [3.8, 4) is 0 Å². The van der Waals surface area contributed by atoms with Crippen molar-refractivity contribution in [2.24, 2.45) is 5.92 Å². The molecule has 0 saturated carbocycles. The zero-order valence-electron chi connectivity index (χ0n) is 9.54. The number of carbonyl (C=O) groups is 1. The molecule has 15 heavy (non-hydrogen) atoms. The summed E-state index contributed by atoms with van der Waals surface area (Å²) in [7, 11) is 0. The van der Waals surface area contributed by atoms with Crippen LogP contribution in [0.3, 0.4) is 0 Å². The maximum atomic E-state index is 11.8. The summed E-state index contributed by atoms with van der Waals surface area (Å²) in [5, 5.41) is 7.54. The lowest BCUT2D eigenvalue weighted by Gasteiger charge is -2.39. The predicted octanol–water partition coefficient (Wildman–Crippen LogP) is 0.455. The van der Waals surface area contributed by atoms with Crippen molar-refractivity contribution >= 4 is 5.91 Å². The van der Waals surface area contributed by atoms with Crippen LogP contribution in [0, 0.1) is 5.92 Å². The van der Waals surface area contributed by atoms with E-state index in [4.69, 9.17) is 0 Å². The summed E-state index contributed by atoms with van der Waals surface area (Å²) in [6.45, 7) is 7.21. The third-order valence-electron chi connectivity index (χ3n) is 3.39. The molecule has 1 N–H and O–H groups in total. The molecule has 2 aliphatic heterocycles. The Kier molecular flexibility index (Phi) is 3.59. The Morgan fingerprint density at radius 1 is 1.53 bits per heavy atom. The van der Waals surface area contributed by atoms with Gasteiger partial charge in [-0.25, -0.2) is 5.01 Å². The van der Waals surface area contributed by atoms with Gasteiger partial charge < -0.3 is 5.32 Å². The lowest BCUT2D eigenvalue weighted by Crippen LogP contribution is -2.52. The Bertz CT molecular complexity index is 226. The minimum atomic E-state index is 0.315. The second-order valence-electron chi connectivity index (χ2n) is 4.48. The van der Waals surface area contributed by atoms with E-state index in [0.29, 0.717) is 11.8 Å². The average Bonchev–Trinajstić information content (AvgIpc) is 2.74. The van der Waals surface area contributed by atoms with Crippen LogP contribution in [0.25, 0.3) is 0 Å². The third kappa shape index (κ3) is 2.49. The van der Waals surface area contributed by atoms with Gasteiger partial charge in [0.05, 0.1) is 0 Å². The number of hydrogen-bond acceptors (Lipinski definition) is 3. The zero-order chi connectivity index (χ0) is 10.7.